The molecule has 1 fully saturated rings. The zero-order valence-corrected chi connectivity index (χ0v) is 18.5. The minimum absolute atomic E-state index is 0.404. The minimum Gasteiger partial charge on any atom is -0.323 e. The first kappa shape index (κ1) is 25.9. The number of nitrogens with one attached hydrogen (secondary N) is 1. The standard InChI is InChI=1S/C22H43F.C2H7N/c1-2-3-4-5-6-7-8-9-10-11-12-13-17-20-22(23)21-18-15-14-16-19-21;1-3-2/h21-22H,2-20H2,1H3;3H,1-2H3. The van der Waals surface area contributed by atoms with Gasteiger partial charge in [0.25, 0.3) is 0 Å². The Bertz CT molecular complexity index is 251. The normalized spacial score (nSPS) is 16.2. The van der Waals surface area contributed by atoms with Gasteiger partial charge in [0, 0.05) is 0 Å². The Hall–Kier alpha value is -0.110. The predicted octanol–water partition coefficient (Wildman–Crippen LogP) is 8.22. The van der Waals surface area contributed by atoms with Crippen molar-refractivity contribution in [2.24, 2.45) is 5.92 Å². The summed E-state index contributed by atoms with van der Waals surface area (Å²) in [6.07, 6.45) is 24.4. The van der Waals surface area contributed by atoms with Crippen molar-refractivity contribution in [3.63, 3.8) is 0 Å². The quantitative estimate of drug-likeness (QED) is 0.286. The van der Waals surface area contributed by atoms with Crippen LogP contribution in [0.15, 0.2) is 0 Å². The highest BCUT2D eigenvalue weighted by Gasteiger charge is 2.22. The monoisotopic (exact) mass is 371 g/mol. The minimum atomic E-state index is -0.497. The van der Waals surface area contributed by atoms with Crippen molar-refractivity contribution in [3.05, 3.63) is 0 Å². The lowest BCUT2D eigenvalue weighted by Crippen LogP contribution is -2.18. The molecule has 1 unspecified atom stereocenters. The average molecular weight is 372 g/mol. The maximum absolute atomic E-state index is 14.1. The third-order valence-corrected chi connectivity index (χ3v) is 5.74. The van der Waals surface area contributed by atoms with Crippen LogP contribution in [0.5, 0.6) is 0 Å². The molecule has 1 rings (SSSR count). The van der Waals surface area contributed by atoms with Gasteiger partial charge in [-0.05, 0) is 39.3 Å². The Morgan fingerprint density at radius 2 is 1.08 bits per heavy atom. The number of hydrogen-bond acceptors (Lipinski definition) is 1. The van der Waals surface area contributed by atoms with Crippen LogP contribution in [0.2, 0.25) is 0 Å². The zero-order valence-electron chi connectivity index (χ0n) is 18.5. The summed E-state index contributed by atoms with van der Waals surface area (Å²) in [5.74, 6) is 0.404. The lowest BCUT2D eigenvalue weighted by molar-refractivity contribution is 0.167. The van der Waals surface area contributed by atoms with Crippen LogP contribution in [0.1, 0.15) is 129 Å². The topological polar surface area (TPSA) is 12.0 Å². The van der Waals surface area contributed by atoms with Gasteiger partial charge in [-0.1, -0.05) is 110 Å². The maximum Gasteiger partial charge on any atom is 0.103 e. The van der Waals surface area contributed by atoms with Crippen LogP contribution in [-0.4, -0.2) is 20.3 Å². The van der Waals surface area contributed by atoms with Gasteiger partial charge in [-0.3, -0.25) is 0 Å². The Morgan fingerprint density at radius 3 is 1.50 bits per heavy atom. The molecule has 1 nitrogen and oxygen atoms in total. The average Bonchev–Trinajstić information content (AvgIpc) is 2.66. The van der Waals surface area contributed by atoms with Gasteiger partial charge in [0.1, 0.15) is 6.17 Å². The van der Waals surface area contributed by atoms with Crippen LogP contribution < -0.4 is 5.32 Å². The number of rotatable bonds is 15. The van der Waals surface area contributed by atoms with Crippen molar-refractivity contribution in [1.29, 1.82) is 0 Å². The SMILES string of the molecule is CCCCCCCCCCCCCCCC(F)C1CCCCC1.CNC. The molecule has 158 valence electrons. The fourth-order valence-electron chi connectivity index (χ4n) is 4.09. The molecule has 2 heteroatoms. The van der Waals surface area contributed by atoms with E-state index in [9.17, 15) is 4.39 Å². The van der Waals surface area contributed by atoms with Crippen molar-refractivity contribution < 1.29 is 4.39 Å². The Morgan fingerprint density at radius 1 is 0.692 bits per heavy atom. The van der Waals surface area contributed by atoms with Crippen LogP contribution in [-0.2, 0) is 0 Å². The van der Waals surface area contributed by atoms with Gasteiger partial charge in [-0.25, -0.2) is 4.39 Å². The fourth-order valence-corrected chi connectivity index (χ4v) is 4.09. The van der Waals surface area contributed by atoms with E-state index in [1.165, 1.54) is 96.3 Å². The van der Waals surface area contributed by atoms with E-state index in [1.54, 1.807) is 0 Å². The molecule has 26 heavy (non-hydrogen) atoms. The van der Waals surface area contributed by atoms with Crippen molar-refractivity contribution in [1.82, 2.24) is 5.32 Å². The summed E-state index contributed by atoms with van der Waals surface area (Å²) in [6.45, 7) is 2.28. The Kier molecular flexibility index (Phi) is 21.1. The van der Waals surface area contributed by atoms with Gasteiger partial charge < -0.3 is 5.32 Å². The fraction of sp³-hybridized carbons (Fsp3) is 1.00. The molecule has 0 spiro atoms. The van der Waals surface area contributed by atoms with Crippen molar-refractivity contribution in [3.8, 4) is 0 Å². The van der Waals surface area contributed by atoms with Crippen LogP contribution in [0.3, 0.4) is 0 Å². The number of hydrogen-bond donors (Lipinski definition) is 1. The van der Waals surface area contributed by atoms with Gasteiger partial charge in [0.05, 0.1) is 0 Å². The van der Waals surface area contributed by atoms with E-state index < -0.39 is 6.17 Å². The van der Waals surface area contributed by atoms with Gasteiger partial charge in [-0.2, -0.15) is 0 Å². The second kappa shape index (κ2) is 21.2. The molecule has 1 aliphatic rings. The van der Waals surface area contributed by atoms with E-state index in [2.05, 4.69) is 12.2 Å². The molecule has 1 N–H and O–H groups in total. The van der Waals surface area contributed by atoms with Crippen LogP contribution >= 0.6 is 0 Å². The zero-order chi connectivity index (χ0) is 19.3. The molecule has 1 saturated carbocycles. The molecule has 0 radical (unpaired) electrons. The third kappa shape index (κ3) is 17.3. The van der Waals surface area contributed by atoms with Crippen LogP contribution in [0.25, 0.3) is 0 Å². The number of halogens is 1. The van der Waals surface area contributed by atoms with Crippen molar-refractivity contribution in [2.75, 3.05) is 14.1 Å². The first-order chi connectivity index (χ1) is 12.8. The first-order valence-corrected chi connectivity index (χ1v) is 12.0. The molecule has 0 aliphatic heterocycles. The molecule has 0 aromatic rings. The van der Waals surface area contributed by atoms with Crippen LogP contribution in [0.4, 0.5) is 4.39 Å². The number of unbranched alkanes of at least 4 members (excludes halogenated alkanes) is 12. The highest BCUT2D eigenvalue weighted by molar-refractivity contribution is 4.73. The summed E-state index contributed by atoms with van der Waals surface area (Å²) in [5, 5.41) is 2.75. The maximum atomic E-state index is 14.1. The molecule has 0 saturated heterocycles. The van der Waals surface area contributed by atoms with E-state index in [0.717, 1.165) is 25.7 Å². The molecule has 0 heterocycles. The highest BCUT2D eigenvalue weighted by atomic mass is 19.1. The summed E-state index contributed by atoms with van der Waals surface area (Å²) in [4.78, 5) is 0. The van der Waals surface area contributed by atoms with E-state index in [4.69, 9.17) is 0 Å². The highest BCUT2D eigenvalue weighted by Crippen LogP contribution is 2.30. The van der Waals surface area contributed by atoms with Crippen LogP contribution in [0, 0.1) is 5.92 Å². The van der Waals surface area contributed by atoms with Gasteiger partial charge in [0.15, 0.2) is 0 Å². The first-order valence-electron chi connectivity index (χ1n) is 12.0. The van der Waals surface area contributed by atoms with E-state index in [-0.39, 0.29) is 0 Å². The van der Waals surface area contributed by atoms with Crippen molar-refractivity contribution >= 4 is 0 Å². The van der Waals surface area contributed by atoms with E-state index in [0.29, 0.717) is 5.92 Å². The molecule has 0 aromatic carbocycles. The molecular formula is C24H50FN. The summed E-state index contributed by atoms with van der Waals surface area (Å²) >= 11 is 0. The molecule has 1 aliphatic carbocycles. The van der Waals surface area contributed by atoms with E-state index >= 15 is 0 Å². The second-order valence-electron chi connectivity index (χ2n) is 8.45. The molecule has 0 aromatic heterocycles. The lowest BCUT2D eigenvalue weighted by Gasteiger charge is -2.24. The molecule has 0 amide bonds. The van der Waals surface area contributed by atoms with E-state index in [1.807, 2.05) is 14.1 Å². The second-order valence-corrected chi connectivity index (χ2v) is 8.45. The Balaban J connectivity index is 0.00000194. The number of alkyl halides is 1. The molecule has 1 atom stereocenters. The summed E-state index contributed by atoms with van der Waals surface area (Å²) in [6, 6.07) is 0. The smallest absolute Gasteiger partial charge is 0.103 e. The molecular weight excluding hydrogens is 321 g/mol. The Labute approximate surface area is 165 Å². The van der Waals surface area contributed by atoms with Gasteiger partial charge in [0.2, 0.25) is 0 Å². The third-order valence-electron chi connectivity index (χ3n) is 5.74. The van der Waals surface area contributed by atoms with Crippen molar-refractivity contribution in [2.45, 2.75) is 135 Å². The summed E-state index contributed by atoms with van der Waals surface area (Å²) < 4.78 is 14.1. The van der Waals surface area contributed by atoms with Gasteiger partial charge >= 0.3 is 0 Å². The van der Waals surface area contributed by atoms with Gasteiger partial charge in [-0.15, -0.1) is 0 Å². The molecule has 0 bridgehead atoms. The summed E-state index contributed by atoms with van der Waals surface area (Å²) in [5.41, 5.74) is 0. The lowest BCUT2D eigenvalue weighted by atomic mass is 9.84. The largest absolute Gasteiger partial charge is 0.323 e. The predicted molar refractivity (Wildman–Crippen MR) is 117 cm³/mol. The summed E-state index contributed by atoms with van der Waals surface area (Å²) in [7, 11) is 3.75.